The summed E-state index contributed by atoms with van der Waals surface area (Å²) in [6, 6.07) is 4.05. The summed E-state index contributed by atoms with van der Waals surface area (Å²) >= 11 is 0. The molecule has 1 aliphatic rings. The van der Waals surface area contributed by atoms with Gasteiger partial charge in [0.1, 0.15) is 5.75 Å². The van der Waals surface area contributed by atoms with Crippen molar-refractivity contribution in [2.24, 2.45) is 0 Å². The molecule has 13 heavy (non-hydrogen) atoms. The molecule has 1 aliphatic heterocycles. The van der Waals surface area contributed by atoms with Crippen LogP contribution in [0.5, 0.6) is 5.75 Å². The van der Waals surface area contributed by atoms with Crippen LogP contribution in [-0.4, -0.2) is 11.2 Å². The van der Waals surface area contributed by atoms with Crippen LogP contribution in [0.2, 0.25) is 0 Å². The van der Waals surface area contributed by atoms with E-state index < -0.39 is 0 Å². The normalized spacial score (nSPS) is 21.2. The molecule has 0 bridgehead atoms. The van der Waals surface area contributed by atoms with Crippen molar-refractivity contribution in [3.8, 4) is 5.75 Å². The molecule has 70 valence electrons. The van der Waals surface area contributed by atoms with Gasteiger partial charge in [-0.15, -0.1) is 0 Å². The number of rotatable bonds is 0. The Bertz CT molecular complexity index is 331. The SMILES string of the molecule is Cc1ccc2c(c1O)COC(C)C2. The average molecular weight is 178 g/mol. The van der Waals surface area contributed by atoms with Gasteiger partial charge in [-0.2, -0.15) is 0 Å². The first-order valence-corrected chi connectivity index (χ1v) is 4.60. The maximum absolute atomic E-state index is 9.75. The summed E-state index contributed by atoms with van der Waals surface area (Å²) in [4.78, 5) is 0. The predicted molar refractivity (Wildman–Crippen MR) is 50.8 cm³/mol. The topological polar surface area (TPSA) is 29.5 Å². The van der Waals surface area contributed by atoms with E-state index in [1.54, 1.807) is 0 Å². The maximum Gasteiger partial charge on any atom is 0.124 e. The van der Waals surface area contributed by atoms with Crippen LogP contribution in [-0.2, 0) is 17.8 Å². The highest BCUT2D eigenvalue weighted by Crippen LogP contribution is 2.30. The zero-order chi connectivity index (χ0) is 9.42. The summed E-state index contributed by atoms with van der Waals surface area (Å²) in [5.74, 6) is 0.407. The van der Waals surface area contributed by atoms with Crippen molar-refractivity contribution in [1.82, 2.24) is 0 Å². The molecule has 1 aromatic rings. The fourth-order valence-electron chi connectivity index (χ4n) is 1.74. The van der Waals surface area contributed by atoms with Gasteiger partial charge in [0.15, 0.2) is 0 Å². The molecule has 0 radical (unpaired) electrons. The lowest BCUT2D eigenvalue weighted by Gasteiger charge is -2.23. The molecule has 2 heteroatoms. The van der Waals surface area contributed by atoms with E-state index in [1.807, 2.05) is 13.0 Å². The van der Waals surface area contributed by atoms with Crippen molar-refractivity contribution in [1.29, 1.82) is 0 Å². The number of benzene rings is 1. The Morgan fingerprint density at radius 1 is 1.46 bits per heavy atom. The molecule has 2 rings (SSSR count). The zero-order valence-corrected chi connectivity index (χ0v) is 8.00. The molecule has 0 aromatic heterocycles. The number of ether oxygens (including phenoxy) is 1. The summed E-state index contributed by atoms with van der Waals surface area (Å²) in [6.07, 6.45) is 1.18. The Labute approximate surface area is 78.2 Å². The summed E-state index contributed by atoms with van der Waals surface area (Å²) in [5.41, 5.74) is 3.12. The van der Waals surface area contributed by atoms with Crippen LogP contribution in [0.1, 0.15) is 23.6 Å². The van der Waals surface area contributed by atoms with Crippen molar-refractivity contribution in [2.45, 2.75) is 33.0 Å². The molecular formula is C11H14O2. The molecule has 1 aromatic carbocycles. The third kappa shape index (κ3) is 1.42. The molecule has 0 aliphatic carbocycles. The van der Waals surface area contributed by atoms with Crippen molar-refractivity contribution in [3.05, 3.63) is 28.8 Å². The van der Waals surface area contributed by atoms with Crippen LogP contribution in [0.25, 0.3) is 0 Å². The molecule has 1 heterocycles. The predicted octanol–water partition coefficient (Wildman–Crippen LogP) is 2.16. The molecule has 0 amide bonds. The number of fused-ring (bicyclic) bond motifs is 1. The van der Waals surface area contributed by atoms with Crippen molar-refractivity contribution < 1.29 is 9.84 Å². The van der Waals surface area contributed by atoms with E-state index in [0.717, 1.165) is 17.5 Å². The second kappa shape index (κ2) is 3.04. The van der Waals surface area contributed by atoms with E-state index in [0.29, 0.717) is 12.4 Å². The number of phenols is 1. The summed E-state index contributed by atoms with van der Waals surface area (Å²) < 4.78 is 5.48. The molecule has 1 unspecified atom stereocenters. The van der Waals surface area contributed by atoms with Gasteiger partial charge < -0.3 is 9.84 Å². The molecule has 2 nitrogen and oxygen atoms in total. The average Bonchev–Trinajstić information content (AvgIpc) is 2.12. The Morgan fingerprint density at radius 2 is 2.23 bits per heavy atom. The maximum atomic E-state index is 9.75. The number of aromatic hydroxyl groups is 1. The summed E-state index contributed by atoms with van der Waals surface area (Å²) in [6.45, 7) is 4.51. The number of hydrogen-bond acceptors (Lipinski definition) is 2. The summed E-state index contributed by atoms with van der Waals surface area (Å²) in [5, 5.41) is 9.75. The van der Waals surface area contributed by atoms with Gasteiger partial charge in [-0.25, -0.2) is 0 Å². The summed E-state index contributed by atoms with van der Waals surface area (Å²) in [7, 11) is 0. The molecule has 0 saturated heterocycles. The lowest BCUT2D eigenvalue weighted by atomic mass is 9.97. The van der Waals surface area contributed by atoms with E-state index in [9.17, 15) is 5.11 Å². The van der Waals surface area contributed by atoms with E-state index in [4.69, 9.17) is 4.74 Å². The van der Waals surface area contributed by atoms with Gasteiger partial charge in [0.25, 0.3) is 0 Å². The van der Waals surface area contributed by atoms with Crippen LogP contribution in [0, 0.1) is 6.92 Å². The first kappa shape index (κ1) is 8.57. The molecular weight excluding hydrogens is 164 g/mol. The molecule has 0 spiro atoms. The lowest BCUT2D eigenvalue weighted by Crippen LogP contribution is -2.19. The van der Waals surface area contributed by atoms with Crippen LogP contribution < -0.4 is 0 Å². The molecule has 0 saturated carbocycles. The minimum atomic E-state index is 0.273. The van der Waals surface area contributed by atoms with E-state index in [-0.39, 0.29) is 6.10 Å². The van der Waals surface area contributed by atoms with Gasteiger partial charge in [-0.3, -0.25) is 0 Å². The van der Waals surface area contributed by atoms with Crippen LogP contribution in [0.3, 0.4) is 0 Å². The van der Waals surface area contributed by atoms with Gasteiger partial charge >= 0.3 is 0 Å². The third-order valence-electron chi connectivity index (χ3n) is 2.60. The second-order valence-corrected chi connectivity index (χ2v) is 3.69. The standard InChI is InChI=1S/C11H14O2/c1-7-3-4-9-5-8(2)13-6-10(9)11(7)12/h3-4,8,12H,5-6H2,1-2H3. The Balaban J connectivity index is 2.47. The smallest absolute Gasteiger partial charge is 0.124 e. The van der Waals surface area contributed by atoms with E-state index in [1.165, 1.54) is 5.56 Å². The highest BCUT2D eigenvalue weighted by atomic mass is 16.5. The highest BCUT2D eigenvalue weighted by Gasteiger charge is 2.18. The first-order chi connectivity index (χ1) is 6.18. The number of aryl methyl sites for hydroxylation is 1. The zero-order valence-electron chi connectivity index (χ0n) is 8.00. The van der Waals surface area contributed by atoms with Gasteiger partial charge in [-0.1, -0.05) is 12.1 Å². The van der Waals surface area contributed by atoms with Crippen molar-refractivity contribution >= 4 is 0 Å². The second-order valence-electron chi connectivity index (χ2n) is 3.69. The van der Waals surface area contributed by atoms with E-state index >= 15 is 0 Å². The quantitative estimate of drug-likeness (QED) is 0.659. The largest absolute Gasteiger partial charge is 0.507 e. The van der Waals surface area contributed by atoms with E-state index in [2.05, 4.69) is 13.0 Å². The van der Waals surface area contributed by atoms with Crippen molar-refractivity contribution in [2.75, 3.05) is 0 Å². The Kier molecular flexibility index (Phi) is 2.00. The minimum Gasteiger partial charge on any atom is -0.507 e. The molecule has 0 fully saturated rings. The monoisotopic (exact) mass is 178 g/mol. The van der Waals surface area contributed by atoms with Gasteiger partial charge in [-0.05, 0) is 31.4 Å². The molecule has 1 atom stereocenters. The number of phenolic OH excluding ortho intramolecular Hbond substituents is 1. The van der Waals surface area contributed by atoms with Crippen molar-refractivity contribution in [3.63, 3.8) is 0 Å². The van der Waals surface area contributed by atoms with Crippen LogP contribution in [0.15, 0.2) is 12.1 Å². The van der Waals surface area contributed by atoms with Gasteiger partial charge in [0.2, 0.25) is 0 Å². The van der Waals surface area contributed by atoms with Gasteiger partial charge in [0.05, 0.1) is 12.7 Å². The fourth-order valence-corrected chi connectivity index (χ4v) is 1.74. The number of hydrogen-bond donors (Lipinski definition) is 1. The fraction of sp³-hybridized carbons (Fsp3) is 0.455. The Hall–Kier alpha value is -1.02. The van der Waals surface area contributed by atoms with Crippen LogP contribution >= 0.6 is 0 Å². The highest BCUT2D eigenvalue weighted by molar-refractivity contribution is 5.45. The molecule has 1 N–H and O–H groups in total. The third-order valence-corrected chi connectivity index (χ3v) is 2.60. The van der Waals surface area contributed by atoms with Crippen LogP contribution in [0.4, 0.5) is 0 Å². The lowest BCUT2D eigenvalue weighted by molar-refractivity contribution is 0.0396. The van der Waals surface area contributed by atoms with Gasteiger partial charge in [0, 0.05) is 5.56 Å². The minimum absolute atomic E-state index is 0.273. The Morgan fingerprint density at radius 3 is 3.00 bits per heavy atom. The first-order valence-electron chi connectivity index (χ1n) is 4.60.